The van der Waals surface area contributed by atoms with Crippen molar-refractivity contribution >= 4 is 29.3 Å². The molecule has 5 aromatic heterocycles. The molecule has 5 heterocycles. The van der Waals surface area contributed by atoms with Crippen LogP contribution in [0.1, 0.15) is 173 Å². The molecule has 4 aromatic carbocycles. The minimum Gasteiger partial charge on any atom is -0.496 e. The van der Waals surface area contributed by atoms with Gasteiger partial charge in [-0.15, -0.1) is 30.6 Å². The van der Waals surface area contributed by atoms with Crippen LogP contribution in [0, 0.1) is 13.8 Å². The Balaban J connectivity index is 0.000000198. The number of anilines is 3. The Hall–Kier alpha value is -8.54. The fourth-order valence-corrected chi connectivity index (χ4v) is 10.6. The van der Waals surface area contributed by atoms with Gasteiger partial charge < -0.3 is 32.0 Å². The SMILES string of the molecule is CCCC[C@@H](CCc1nn[nH]n1)N(Cc1ccccc1)[C@@H](C)c1ccccc1.CCCC[C@@H](CCc1nn[nH]n1)Nc1nc(N)nc(C)c1Cc1ccccc1OC.CCCC[C@H](N)CCc1nn[nH]n1.COc1ccccc1Cc1c(C)nc(N)nc1Cl. The summed E-state index contributed by atoms with van der Waals surface area (Å²) in [7, 11) is 3.33. The Kier molecular flexibility index (Phi) is 30.2. The second kappa shape index (κ2) is 38.7. The number of halogens is 1. The van der Waals surface area contributed by atoms with Crippen LogP contribution in [0.3, 0.4) is 0 Å². The highest BCUT2D eigenvalue weighted by Crippen LogP contribution is 2.31. The van der Waals surface area contributed by atoms with E-state index in [0.717, 1.165) is 133 Å². The summed E-state index contributed by atoms with van der Waals surface area (Å²) in [5, 5.41) is 46.5. The zero-order chi connectivity index (χ0) is 63.6. The molecule has 0 bridgehead atoms. The van der Waals surface area contributed by atoms with Gasteiger partial charge in [0.2, 0.25) is 11.9 Å². The van der Waals surface area contributed by atoms with E-state index in [1.807, 2.05) is 56.3 Å². The van der Waals surface area contributed by atoms with E-state index < -0.39 is 0 Å². The zero-order valence-electron chi connectivity index (χ0n) is 53.1. The van der Waals surface area contributed by atoms with Gasteiger partial charge in [0.05, 0.1) is 14.2 Å². The smallest absolute Gasteiger partial charge is 0.222 e. The summed E-state index contributed by atoms with van der Waals surface area (Å²) >= 11 is 6.11. The van der Waals surface area contributed by atoms with Crippen molar-refractivity contribution in [1.29, 1.82) is 0 Å². The highest BCUT2D eigenvalue weighted by molar-refractivity contribution is 6.30. The molecule has 0 fully saturated rings. The van der Waals surface area contributed by atoms with Gasteiger partial charge in [-0.3, -0.25) is 4.90 Å². The number of rotatable bonds is 31. The molecule has 0 unspecified atom stereocenters. The predicted molar refractivity (Wildman–Crippen MR) is 351 cm³/mol. The number of H-pyrrole nitrogens is 3. The fourth-order valence-electron chi connectivity index (χ4n) is 10.3. The third-order valence-corrected chi connectivity index (χ3v) is 15.7. The van der Waals surface area contributed by atoms with Gasteiger partial charge in [0.1, 0.15) is 22.5 Å². The van der Waals surface area contributed by atoms with E-state index in [-0.39, 0.29) is 24.0 Å². The third-order valence-electron chi connectivity index (χ3n) is 15.4. The monoisotopic (exact) mass is 1230 g/mol. The number of ether oxygens (including phenoxy) is 2. The molecule has 0 aliphatic heterocycles. The summed E-state index contributed by atoms with van der Waals surface area (Å²) in [5.41, 5.74) is 25.8. The summed E-state index contributed by atoms with van der Waals surface area (Å²) in [6.07, 6.45) is 16.9. The van der Waals surface area contributed by atoms with E-state index in [1.54, 1.807) is 14.2 Å². The second-order valence-corrected chi connectivity index (χ2v) is 22.3. The molecule has 0 saturated heterocycles. The van der Waals surface area contributed by atoms with Crippen molar-refractivity contribution in [3.05, 3.63) is 177 Å². The van der Waals surface area contributed by atoms with Crippen molar-refractivity contribution < 1.29 is 9.47 Å². The Morgan fingerprint density at radius 1 is 0.551 bits per heavy atom. The van der Waals surface area contributed by atoms with Crippen LogP contribution in [-0.4, -0.2) is 119 Å². The van der Waals surface area contributed by atoms with E-state index >= 15 is 0 Å². The van der Waals surface area contributed by atoms with Crippen LogP contribution in [0.5, 0.6) is 11.5 Å². The van der Waals surface area contributed by atoms with Crippen LogP contribution >= 0.6 is 11.6 Å². The first-order valence-corrected chi connectivity index (χ1v) is 31.4. The number of para-hydroxylation sites is 2. The summed E-state index contributed by atoms with van der Waals surface area (Å²) in [5.74, 6) is 5.18. The lowest BCUT2D eigenvalue weighted by Gasteiger charge is -2.37. The van der Waals surface area contributed by atoms with Gasteiger partial charge in [-0.1, -0.05) is 184 Å². The number of nitrogens with zero attached hydrogens (tertiary/aromatic N) is 14. The maximum atomic E-state index is 6.11. The third kappa shape index (κ3) is 23.8. The number of aromatic nitrogens is 16. The highest BCUT2D eigenvalue weighted by atomic mass is 35.5. The van der Waals surface area contributed by atoms with Crippen LogP contribution < -0.4 is 32.0 Å². The molecule has 23 nitrogen and oxygen atoms in total. The number of unbranched alkanes of at least 4 members (excludes halogenated alkanes) is 3. The topological polar surface area (TPSA) is 327 Å². The van der Waals surface area contributed by atoms with E-state index in [0.29, 0.717) is 35.9 Å². The number of tetrazole rings is 3. The molecule has 0 amide bonds. The number of nitrogens with one attached hydrogen (secondary N) is 4. The molecular weight excluding hydrogens is 1140 g/mol. The first-order chi connectivity index (χ1) is 43.3. The summed E-state index contributed by atoms with van der Waals surface area (Å²) < 4.78 is 10.8. The molecule has 0 radical (unpaired) electrons. The van der Waals surface area contributed by atoms with Crippen molar-refractivity contribution in [2.45, 2.75) is 181 Å². The maximum absolute atomic E-state index is 6.11. The summed E-state index contributed by atoms with van der Waals surface area (Å²) in [6, 6.07) is 38.7. The molecule has 89 heavy (non-hydrogen) atoms. The number of hydrogen-bond donors (Lipinski definition) is 7. The van der Waals surface area contributed by atoms with Gasteiger partial charge in [-0.25, -0.2) is 15.0 Å². The number of nitrogens with two attached hydrogens (primary N) is 3. The van der Waals surface area contributed by atoms with Gasteiger partial charge in [0, 0.05) is 85.3 Å². The quantitative estimate of drug-likeness (QED) is 0.0199. The average Bonchev–Trinajstić information content (AvgIpc) is 3.57. The lowest BCUT2D eigenvalue weighted by atomic mass is 9.97. The van der Waals surface area contributed by atoms with Crippen molar-refractivity contribution in [1.82, 2.24) is 86.7 Å². The summed E-state index contributed by atoms with van der Waals surface area (Å²) in [6.45, 7) is 13.7. The molecular formula is C65H92ClN21O2. The lowest BCUT2D eigenvalue weighted by Crippen LogP contribution is -2.37. The molecule has 476 valence electrons. The molecule has 24 heteroatoms. The van der Waals surface area contributed by atoms with Gasteiger partial charge in [0.15, 0.2) is 17.5 Å². The first-order valence-electron chi connectivity index (χ1n) is 31.0. The number of benzene rings is 4. The van der Waals surface area contributed by atoms with Crippen LogP contribution in [0.25, 0.3) is 0 Å². The predicted octanol–water partition coefficient (Wildman–Crippen LogP) is 11.3. The maximum Gasteiger partial charge on any atom is 0.222 e. The van der Waals surface area contributed by atoms with E-state index in [4.69, 9.17) is 38.3 Å². The molecule has 0 aliphatic carbocycles. The number of aryl methyl sites for hydroxylation is 5. The van der Waals surface area contributed by atoms with Crippen LogP contribution in [0.2, 0.25) is 5.15 Å². The van der Waals surface area contributed by atoms with E-state index in [1.165, 1.54) is 43.2 Å². The number of methoxy groups -OCH3 is 2. The van der Waals surface area contributed by atoms with Gasteiger partial charge in [0.25, 0.3) is 0 Å². The fraction of sp³-hybridized carbons (Fsp3) is 0.462. The molecule has 0 aliphatic rings. The Bertz CT molecular complexity index is 3300. The standard InChI is InChI=1S/C23H31N5.C21H30N8O.C13H14ClN3O.C8H17N5/c1-3-4-15-22(16-17-23-24-26-27-25-23)28(18-20-11-7-5-8-12-20)19(2)21-13-9-6-10-14-21;1-4-5-9-16(11-12-19-26-28-29-27-19)24-20-17(14(2)23-21(22)25-20)13-15-8-6-7-10-18(15)30-3;1-8-10(12(14)17-13(15)16-8)7-9-5-3-4-6-11(9)18-2;1-2-3-4-7(9)5-6-8-10-12-13-11-8/h5-14,19,22H,3-4,15-18H2,1-2H3,(H,24,25,26,27);6-8,10,16H,4-5,9,11-13H2,1-3H3,(H3,22,23,24,25)(H,26,27,28,29);3-6H,7H2,1-2H3,(H2,15,16,17);7H,2-6,9H2,1H3,(H,10,11,12,13)/t19-,22-;16-;;7-/m00.0/s1. The van der Waals surface area contributed by atoms with Crippen molar-refractivity contribution in [2.24, 2.45) is 5.73 Å². The molecule has 0 spiro atoms. The molecule has 9 rings (SSSR count). The van der Waals surface area contributed by atoms with Crippen LogP contribution in [-0.2, 0) is 38.6 Å². The minimum atomic E-state index is 0.196. The number of hydrogen-bond acceptors (Lipinski definition) is 20. The Labute approximate surface area is 529 Å². The van der Waals surface area contributed by atoms with Crippen LogP contribution in [0.15, 0.2) is 109 Å². The molecule has 0 saturated carbocycles. The number of nitrogen functional groups attached to an aromatic ring is 2. The summed E-state index contributed by atoms with van der Waals surface area (Å²) in [4.78, 5) is 19.7. The van der Waals surface area contributed by atoms with Crippen molar-refractivity contribution in [3.63, 3.8) is 0 Å². The lowest BCUT2D eigenvalue weighted by molar-refractivity contribution is 0.117. The first kappa shape index (κ1) is 69.6. The largest absolute Gasteiger partial charge is 0.496 e. The minimum absolute atomic E-state index is 0.196. The highest BCUT2D eigenvalue weighted by Gasteiger charge is 2.26. The van der Waals surface area contributed by atoms with Gasteiger partial charge in [-0.2, -0.15) is 20.6 Å². The van der Waals surface area contributed by atoms with E-state index in [9.17, 15) is 0 Å². The average molecular weight is 1240 g/mol. The molecule has 4 atom stereocenters. The van der Waals surface area contributed by atoms with Crippen molar-refractivity contribution in [2.75, 3.05) is 31.0 Å². The zero-order valence-corrected chi connectivity index (χ0v) is 53.9. The Morgan fingerprint density at radius 3 is 1.55 bits per heavy atom. The Morgan fingerprint density at radius 2 is 1.02 bits per heavy atom. The number of aromatic amines is 3. The second-order valence-electron chi connectivity index (χ2n) is 21.9. The van der Waals surface area contributed by atoms with Gasteiger partial charge >= 0.3 is 0 Å². The van der Waals surface area contributed by atoms with Crippen LogP contribution in [0.4, 0.5) is 17.7 Å². The van der Waals surface area contributed by atoms with Gasteiger partial charge in [-0.05, 0) is 93.7 Å². The van der Waals surface area contributed by atoms with Crippen molar-refractivity contribution in [3.8, 4) is 11.5 Å². The normalized spacial score (nSPS) is 12.3. The molecule has 9 aromatic rings. The molecule has 10 N–H and O–H groups in total. The van der Waals surface area contributed by atoms with E-state index in [2.05, 4.69) is 186 Å².